The fraction of sp³-hybridized carbons (Fsp3) is 0.316. The summed E-state index contributed by atoms with van der Waals surface area (Å²) in [5.74, 6) is 0.0368. The summed E-state index contributed by atoms with van der Waals surface area (Å²) in [5.41, 5.74) is 1.23. The second kappa shape index (κ2) is 8.83. The lowest BCUT2D eigenvalue weighted by atomic mass is 10.1. The van der Waals surface area contributed by atoms with Crippen molar-refractivity contribution in [2.75, 3.05) is 19.0 Å². The van der Waals surface area contributed by atoms with Crippen molar-refractivity contribution in [2.24, 2.45) is 0 Å². The molecule has 0 aliphatic carbocycles. The van der Waals surface area contributed by atoms with Crippen LogP contribution in [0.15, 0.2) is 42.5 Å². The first-order valence-electron chi connectivity index (χ1n) is 8.20. The molecule has 0 radical (unpaired) electrons. The third-order valence-electron chi connectivity index (χ3n) is 4.04. The molecule has 4 nitrogen and oxygen atoms in total. The normalized spacial score (nSPS) is 13.2. The van der Waals surface area contributed by atoms with E-state index in [1.54, 1.807) is 6.07 Å². The SMILES string of the molecule is CCOc1ccc(C[NH+](C)[C@@H](C)C(=O)Nc2ccc(Cl)cc2F)cc1. The van der Waals surface area contributed by atoms with E-state index in [1.165, 1.54) is 12.1 Å². The van der Waals surface area contributed by atoms with Crippen molar-refractivity contribution >= 4 is 23.2 Å². The molecule has 0 bridgehead atoms. The van der Waals surface area contributed by atoms with Crippen molar-refractivity contribution in [1.82, 2.24) is 0 Å². The van der Waals surface area contributed by atoms with Crippen molar-refractivity contribution in [2.45, 2.75) is 26.4 Å². The number of amides is 1. The van der Waals surface area contributed by atoms with Crippen LogP contribution in [0.2, 0.25) is 5.02 Å². The van der Waals surface area contributed by atoms with Gasteiger partial charge in [-0.1, -0.05) is 11.6 Å². The monoisotopic (exact) mass is 365 g/mol. The highest BCUT2D eigenvalue weighted by Crippen LogP contribution is 2.18. The Balaban J connectivity index is 1.96. The number of benzene rings is 2. The Kier molecular flexibility index (Phi) is 6.79. The van der Waals surface area contributed by atoms with Gasteiger partial charge in [-0.15, -0.1) is 0 Å². The van der Waals surface area contributed by atoms with Gasteiger partial charge in [0, 0.05) is 10.6 Å². The molecule has 1 amide bonds. The van der Waals surface area contributed by atoms with Crippen LogP contribution in [0.25, 0.3) is 0 Å². The molecule has 0 aliphatic heterocycles. The molecule has 2 atom stereocenters. The lowest BCUT2D eigenvalue weighted by Gasteiger charge is -2.21. The Labute approximate surface area is 152 Å². The van der Waals surface area contributed by atoms with Crippen molar-refractivity contribution in [3.63, 3.8) is 0 Å². The molecule has 1 unspecified atom stereocenters. The van der Waals surface area contributed by atoms with E-state index in [2.05, 4.69) is 5.32 Å². The zero-order chi connectivity index (χ0) is 18.4. The first-order chi connectivity index (χ1) is 11.9. The summed E-state index contributed by atoms with van der Waals surface area (Å²) < 4.78 is 19.2. The lowest BCUT2D eigenvalue weighted by Crippen LogP contribution is -3.12. The minimum absolute atomic E-state index is 0.134. The molecule has 0 saturated carbocycles. The maximum atomic E-state index is 13.8. The molecule has 134 valence electrons. The number of nitrogens with one attached hydrogen (secondary N) is 2. The Morgan fingerprint density at radius 2 is 1.96 bits per heavy atom. The van der Waals surface area contributed by atoms with E-state index in [0.717, 1.165) is 16.2 Å². The summed E-state index contributed by atoms with van der Waals surface area (Å²) >= 11 is 5.72. The number of hydrogen-bond donors (Lipinski definition) is 2. The van der Waals surface area contributed by atoms with Crippen LogP contribution in [0.3, 0.4) is 0 Å². The molecule has 0 aromatic heterocycles. The average Bonchev–Trinajstić information content (AvgIpc) is 2.58. The van der Waals surface area contributed by atoms with Gasteiger partial charge in [0.15, 0.2) is 6.04 Å². The average molecular weight is 366 g/mol. The van der Waals surface area contributed by atoms with Crippen LogP contribution in [0, 0.1) is 5.82 Å². The molecular weight excluding hydrogens is 343 g/mol. The first kappa shape index (κ1) is 19.2. The molecule has 0 aliphatic rings. The van der Waals surface area contributed by atoms with Crippen LogP contribution in [0.1, 0.15) is 19.4 Å². The molecule has 25 heavy (non-hydrogen) atoms. The number of likely N-dealkylation sites (N-methyl/N-ethyl adjacent to an activating group) is 1. The third kappa shape index (κ3) is 5.44. The summed E-state index contributed by atoms with van der Waals surface area (Å²) in [6.07, 6.45) is 0. The summed E-state index contributed by atoms with van der Waals surface area (Å²) in [7, 11) is 1.93. The van der Waals surface area contributed by atoms with Crippen LogP contribution >= 0.6 is 11.6 Å². The van der Waals surface area contributed by atoms with Crippen LogP contribution in [-0.2, 0) is 11.3 Å². The van der Waals surface area contributed by atoms with Crippen LogP contribution in [0.4, 0.5) is 10.1 Å². The molecular formula is C19H23ClFN2O2+. The maximum absolute atomic E-state index is 13.8. The molecule has 0 fully saturated rings. The van der Waals surface area contributed by atoms with Crippen molar-refractivity contribution < 1.29 is 18.8 Å². The van der Waals surface area contributed by atoms with Gasteiger partial charge in [-0.05, 0) is 56.3 Å². The van der Waals surface area contributed by atoms with Gasteiger partial charge in [0.05, 0.1) is 19.3 Å². The van der Waals surface area contributed by atoms with Gasteiger partial charge in [0.2, 0.25) is 0 Å². The van der Waals surface area contributed by atoms with Gasteiger partial charge in [0.1, 0.15) is 18.1 Å². The smallest absolute Gasteiger partial charge is 0.282 e. The molecule has 6 heteroatoms. The van der Waals surface area contributed by atoms with E-state index in [9.17, 15) is 9.18 Å². The minimum atomic E-state index is -0.544. The second-order valence-electron chi connectivity index (χ2n) is 5.94. The molecule has 2 aromatic carbocycles. The van der Waals surface area contributed by atoms with Gasteiger partial charge < -0.3 is 15.0 Å². The Bertz CT molecular complexity index is 722. The van der Waals surface area contributed by atoms with Gasteiger partial charge in [-0.3, -0.25) is 4.79 Å². The molecule has 0 saturated heterocycles. The standard InChI is InChI=1S/C19H22ClFN2O2/c1-4-25-16-8-5-14(6-9-16)12-23(3)13(2)19(24)22-18-10-7-15(20)11-17(18)21/h5-11,13H,4,12H2,1-3H3,(H,22,24)/p+1/t13-/m0/s1. The fourth-order valence-electron chi connectivity index (χ4n) is 2.40. The third-order valence-corrected chi connectivity index (χ3v) is 4.27. The molecule has 2 aromatic rings. The number of halogens is 2. The molecule has 0 heterocycles. The van der Waals surface area contributed by atoms with E-state index in [-0.39, 0.29) is 17.6 Å². The van der Waals surface area contributed by atoms with Crippen molar-refractivity contribution in [3.8, 4) is 5.75 Å². The summed E-state index contributed by atoms with van der Waals surface area (Å²) in [6, 6.07) is 11.6. The number of carbonyl (C=O) groups excluding carboxylic acids is 1. The first-order valence-corrected chi connectivity index (χ1v) is 8.58. The largest absolute Gasteiger partial charge is 0.494 e. The predicted molar refractivity (Wildman–Crippen MR) is 97.7 cm³/mol. The Morgan fingerprint density at radius 3 is 2.56 bits per heavy atom. The highest BCUT2D eigenvalue weighted by Gasteiger charge is 2.23. The van der Waals surface area contributed by atoms with E-state index in [1.807, 2.05) is 45.2 Å². The lowest BCUT2D eigenvalue weighted by molar-refractivity contribution is -0.907. The molecule has 0 spiro atoms. The van der Waals surface area contributed by atoms with Gasteiger partial charge in [0.25, 0.3) is 5.91 Å². The zero-order valence-electron chi connectivity index (χ0n) is 14.6. The molecule has 2 N–H and O–H groups in total. The van der Waals surface area contributed by atoms with E-state index < -0.39 is 5.82 Å². The van der Waals surface area contributed by atoms with Gasteiger partial charge in [-0.2, -0.15) is 0 Å². The number of rotatable bonds is 7. The number of anilines is 1. The molecule has 2 rings (SSSR count). The number of ether oxygens (including phenoxy) is 1. The van der Waals surface area contributed by atoms with E-state index in [4.69, 9.17) is 16.3 Å². The number of hydrogen-bond acceptors (Lipinski definition) is 2. The minimum Gasteiger partial charge on any atom is -0.494 e. The second-order valence-corrected chi connectivity index (χ2v) is 6.37. The van der Waals surface area contributed by atoms with Crippen LogP contribution < -0.4 is 15.0 Å². The Morgan fingerprint density at radius 1 is 1.28 bits per heavy atom. The van der Waals surface area contributed by atoms with Crippen LogP contribution in [0.5, 0.6) is 5.75 Å². The predicted octanol–water partition coefficient (Wildman–Crippen LogP) is 2.92. The van der Waals surface area contributed by atoms with Gasteiger partial charge in [-0.25, -0.2) is 4.39 Å². The van der Waals surface area contributed by atoms with Crippen LogP contribution in [-0.4, -0.2) is 25.6 Å². The summed E-state index contributed by atoms with van der Waals surface area (Å²) in [6.45, 7) is 5.05. The highest BCUT2D eigenvalue weighted by atomic mass is 35.5. The quantitative estimate of drug-likeness (QED) is 0.792. The van der Waals surface area contributed by atoms with E-state index >= 15 is 0 Å². The highest BCUT2D eigenvalue weighted by molar-refractivity contribution is 6.30. The summed E-state index contributed by atoms with van der Waals surface area (Å²) in [4.78, 5) is 13.4. The van der Waals surface area contributed by atoms with E-state index in [0.29, 0.717) is 18.2 Å². The topological polar surface area (TPSA) is 42.8 Å². The summed E-state index contributed by atoms with van der Waals surface area (Å²) in [5, 5.41) is 2.91. The Hall–Kier alpha value is -2.11. The van der Waals surface area contributed by atoms with Crippen molar-refractivity contribution in [1.29, 1.82) is 0 Å². The zero-order valence-corrected chi connectivity index (χ0v) is 15.4. The number of quaternary nitrogens is 1. The van der Waals surface area contributed by atoms with Crippen molar-refractivity contribution in [3.05, 3.63) is 58.9 Å². The fourth-order valence-corrected chi connectivity index (χ4v) is 2.56. The maximum Gasteiger partial charge on any atom is 0.282 e. The number of carbonyl (C=O) groups is 1. The van der Waals surface area contributed by atoms with Gasteiger partial charge >= 0.3 is 0 Å².